The minimum atomic E-state index is -0.763. The summed E-state index contributed by atoms with van der Waals surface area (Å²) < 4.78 is 10.5. The molecule has 11 nitrogen and oxygen atoms in total. The molecule has 1 aliphatic rings. The van der Waals surface area contributed by atoms with Crippen molar-refractivity contribution in [3.8, 4) is 0 Å². The van der Waals surface area contributed by atoms with Crippen LogP contribution in [0.3, 0.4) is 0 Å². The molecular weight excluding hydrogens is 404 g/mol. The van der Waals surface area contributed by atoms with Gasteiger partial charge in [0, 0.05) is 24.5 Å². The second-order valence-corrected chi connectivity index (χ2v) is 9.55. The number of alkyl carbamates (subject to hydrolysis) is 2. The Bertz CT molecular complexity index is 679. The van der Waals surface area contributed by atoms with Crippen LogP contribution < -0.4 is 10.6 Å². The van der Waals surface area contributed by atoms with Crippen LogP contribution in [0, 0.1) is 0 Å². The number of hydrogen-bond donors (Lipinski definition) is 2. The van der Waals surface area contributed by atoms with E-state index in [9.17, 15) is 14.4 Å². The van der Waals surface area contributed by atoms with E-state index in [1.807, 2.05) is 0 Å². The van der Waals surface area contributed by atoms with Crippen molar-refractivity contribution in [1.29, 1.82) is 0 Å². The van der Waals surface area contributed by atoms with E-state index in [0.717, 1.165) is 0 Å². The van der Waals surface area contributed by atoms with Crippen molar-refractivity contribution < 1.29 is 23.9 Å². The van der Waals surface area contributed by atoms with Crippen LogP contribution in [-0.4, -0.2) is 65.9 Å². The first-order chi connectivity index (χ1) is 14.3. The van der Waals surface area contributed by atoms with E-state index in [0.29, 0.717) is 45.3 Å². The maximum Gasteiger partial charge on any atom is 0.408 e. The molecule has 2 atom stereocenters. The first-order valence-electron chi connectivity index (χ1n) is 10.6. The second-order valence-electron chi connectivity index (χ2n) is 9.55. The Hall–Kier alpha value is -2.68. The van der Waals surface area contributed by atoms with Gasteiger partial charge in [-0.3, -0.25) is 4.79 Å². The molecule has 0 aromatic carbocycles. The van der Waals surface area contributed by atoms with Gasteiger partial charge in [-0.05, 0) is 72.8 Å². The quantitative estimate of drug-likeness (QED) is 0.257. The van der Waals surface area contributed by atoms with Gasteiger partial charge in [-0.2, -0.15) is 0 Å². The molecule has 0 spiro atoms. The number of carbonyl (C=O) groups excluding carboxylic acids is 3. The third-order valence-electron chi connectivity index (χ3n) is 4.27. The predicted octanol–water partition coefficient (Wildman–Crippen LogP) is 3.49. The van der Waals surface area contributed by atoms with Crippen LogP contribution in [0.5, 0.6) is 0 Å². The number of likely N-dealkylation sites (tertiary alicyclic amines) is 1. The first kappa shape index (κ1) is 26.4. The number of nitrogens with zero attached hydrogens (tertiary/aromatic N) is 4. The van der Waals surface area contributed by atoms with Gasteiger partial charge in [0.25, 0.3) is 0 Å². The highest BCUT2D eigenvalue weighted by Gasteiger charge is 2.32. The minimum Gasteiger partial charge on any atom is -0.444 e. The molecule has 0 aromatic heterocycles. The van der Waals surface area contributed by atoms with Crippen molar-refractivity contribution in [2.45, 2.75) is 90.5 Å². The van der Waals surface area contributed by atoms with Crippen LogP contribution in [0.2, 0.25) is 0 Å². The Labute approximate surface area is 183 Å². The van der Waals surface area contributed by atoms with Crippen molar-refractivity contribution in [3.05, 3.63) is 10.4 Å². The van der Waals surface area contributed by atoms with Crippen molar-refractivity contribution >= 4 is 18.1 Å². The van der Waals surface area contributed by atoms with Gasteiger partial charge >= 0.3 is 12.2 Å². The van der Waals surface area contributed by atoms with Gasteiger partial charge in [0.1, 0.15) is 17.2 Å². The van der Waals surface area contributed by atoms with Gasteiger partial charge in [0.15, 0.2) is 0 Å². The Kier molecular flexibility index (Phi) is 9.90. The standard InChI is InChI=1S/C20H36N6O5/c1-19(2,3)30-17(28)22-11-8-7-9-15(23-18(29)31-20(4,5)6)16(27)26-12-10-14(13-26)24-25-21/h14-15H,7-13H2,1-6H3,(H,22,28)(H,23,29)/t14?,15-/m0/s1. The van der Waals surface area contributed by atoms with Crippen LogP contribution in [0.15, 0.2) is 5.11 Å². The van der Waals surface area contributed by atoms with Crippen molar-refractivity contribution in [3.63, 3.8) is 0 Å². The maximum absolute atomic E-state index is 13.0. The number of carbonyl (C=O) groups is 3. The molecule has 0 aromatic rings. The predicted molar refractivity (Wildman–Crippen MR) is 115 cm³/mol. The summed E-state index contributed by atoms with van der Waals surface area (Å²) in [6.07, 6.45) is 1.03. The molecule has 0 aliphatic carbocycles. The Morgan fingerprint density at radius 2 is 1.71 bits per heavy atom. The number of azide groups is 1. The third kappa shape index (κ3) is 11.3. The van der Waals surface area contributed by atoms with Gasteiger partial charge < -0.3 is 25.0 Å². The summed E-state index contributed by atoms with van der Waals surface area (Å²) in [5.41, 5.74) is 7.35. The molecule has 0 saturated carbocycles. The van der Waals surface area contributed by atoms with E-state index in [2.05, 4.69) is 20.7 Å². The van der Waals surface area contributed by atoms with Gasteiger partial charge in [-0.25, -0.2) is 9.59 Å². The monoisotopic (exact) mass is 440 g/mol. The molecule has 1 rings (SSSR count). The lowest BCUT2D eigenvalue weighted by Gasteiger charge is -2.26. The molecule has 1 aliphatic heterocycles. The summed E-state index contributed by atoms with van der Waals surface area (Å²) in [6, 6.07) is -1.02. The zero-order valence-electron chi connectivity index (χ0n) is 19.4. The van der Waals surface area contributed by atoms with E-state index >= 15 is 0 Å². The van der Waals surface area contributed by atoms with Gasteiger partial charge in [0.2, 0.25) is 5.91 Å². The topological polar surface area (TPSA) is 146 Å². The Balaban J connectivity index is 2.60. The van der Waals surface area contributed by atoms with Crippen LogP contribution in [0.25, 0.3) is 10.4 Å². The zero-order valence-corrected chi connectivity index (χ0v) is 19.4. The zero-order chi connectivity index (χ0) is 23.7. The summed E-state index contributed by atoms with van der Waals surface area (Å²) in [5.74, 6) is -0.235. The highest BCUT2D eigenvalue weighted by molar-refractivity contribution is 5.86. The Morgan fingerprint density at radius 1 is 1.10 bits per heavy atom. The molecule has 1 saturated heterocycles. The summed E-state index contributed by atoms with van der Waals surface area (Å²) in [7, 11) is 0. The van der Waals surface area contributed by atoms with Crippen molar-refractivity contribution in [2.75, 3.05) is 19.6 Å². The maximum atomic E-state index is 13.0. The van der Waals surface area contributed by atoms with E-state index < -0.39 is 29.4 Å². The molecule has 1 unspecified atom stereocenters. The molecule has 1 fully saturated rings. The summed E-state index contributed by atoms with van der Waals surface area (Å²) in [5, 5.41) is 9.01. The number of ether oxygens (including phenoxy) is 2. The minimum absolute atomic E-state index is 0.235. The third-order valence-corrected chi connectivity index (χ3v) is 4.27. The van der Waals surface area contributed by atoms with Crippen LogP contribution >= 0.6 is 0 Å². The molecule has 3 amide bonds. The Morgan fingerprint density at radius 3 is 2.29 bits per heavy atom. The molecule has 0 radical (unpaired) electrons. The highest BCUT2D eigenvalue weighted by Crippen LogP contribution is 2.16. The van der Waals surface area contributed by atoms with Crippen LogP contribution in [-0.2, 0) is 14.3 Å². The number of amides is 3. The molecule has 2 N–H and O–H groups in total. The van der Waals surface area contributed by atoms with Crippen molar-refractivity contribution in [1.82, 2.24) is 15.5 Å². The average molecular weight is 441 g/mol. The summed E-state index contributed by atoms with van der Waals surface area (Å²) >= 11 is 0. The fraction of sp³-hybridized carbons (Fsp3) is 0.850. The smallest absolute Gasteiger partial charge is 0.408 e. The van der Waals surface area contributed by atoms with E-state index in [1.165, 1.54) is 0 Å². The largest absolute Gasteiger partial charge is 0.444 e. The number of hydrogen-bond acceptors (Lipinski definition) is 6. The first-order valence-corrected chi connectivity index (χ1v) is 10.6. The van der Waals surface area contributed by atoms with Crippen molar-refractivity contribution in [2.24, 2.45) is 5.11 Å². The number of unbranched alkanes of at least 4 members (excludes halogenated alkanes) is 1. The lowest BCUT2D eigenvalue weighted by atomic mass is 10.1. The van der Waals surface area contributed by atoms with Gasteiger partial charge in [-0.1, -0.05) is 5.11 Å². The average Bonchev–Trinajstić information content (AvgIpc) is 3.05. The fourth-order valence-electron chi connectivity index (χ4n) is 3.01. The van der Waals surface area contributed by atoms with Gasteiger partial charge in [-0.15, -0.1) is 0 Å². The van der Waals surface area contributed by atoms with Gasteiger partial charge in [0.05, 0.1) is 6.04 Å². The normalized spacial score (nSPS) is 17.4. The van der Waals surface area contributed by atoms with Crippen LogP contribution in [0.4, 0.5) is 9.59 Å². The number of rotatable bonds is 8. The lowest BCUT2D eigenvalue weighted by Crippen LogP contribution is -2.49. The summed E-state index contributed by atoms with van der Waals surface area (Å²) in [4.78, 5) is 41.3. The van der Waals surface area contributed by atoms with E-state index in [1.54, 1.807) is 46.4 Å². The number of nitrogens with one attached hydrogen (secondary N) is 2. The van der Waals surface area contributed by atoms with E-state index in [-0.39, 0.29) is 11.9 Å². The summed E-state index contributed by atoms with van der Waals surface area (Å²) in [6.45, 7) is 11.8. The molecule has 31 heavy (non-hydrogen) atoms. The molecule has 0 bridgehead atoms. The van der Waals surface area contributed by atoms with Crippen LogP contribution in [0.1, 0.15) is 67.2 Å². The fourth-order valence-corrected chi connectivity index (χ4v) is 3.01. The highest BCUT2D eigenvalue weighted by atomic mass is 16.6. The molecular formula is C20H36N6O5. The van der Waals surface area contributed by atoms with E-state index in [4.69, 9.17) is 15.0 Å². The lowest BCUT2D eigenvalue weighted by molar-refractivity contribution is -0.132. The molecule has 176 valence electrons. The second kappa shape index (κ2) is 11.6. The molecule has 1 heterocycles. The molecule has 11 heteroatoms. The SMILES string of the molecule is CC(C)(C)OC(=O)NCCCC[C@H](NC(=O)OC(C)(C)C)C(=O)N1CCC(N=[N+]=[N-])C1.